The number of sulfonamides is 1. The van der Waals surface area contributed by atoms with Gasteiger partial charge in [0, 0.05) is 26.2 Å². The molecule has 7 heteroatoms. The Bertz CT molecular complexity index is 922. The lowest BCUT2D eigenvalue weighted by molar-refractivity contribution is -0.123. The number of amides is 1. The SMILES string of the molecule is CCc1ccc([C@H](C)NC(=O)CN2CCN(S(=O)(=O)Cc3ccccc3)CC2)cc1. The van der Waals surface area contributed by atoms with Gasteiger partial charge in [0.25, 0.3) is 0 Å². The molecule has 0 spiro atoms. The van der Waals surface area contributed by atoms with E-state index >= 15 is 0 Å². The Morgan fingerprint density at radius 3 is 2.20 bits per heavy atom. The third kappa shape index (κ3) is 6.14. The van der Waals surface area contributed by atoms with E-state index in [1.807, 2.05) is 42.2 Å². The van der Waals surface area contributed by atoms with Gasteiger partial charge in [-0.05, 0) is 30.0 Å². The van der Waals surface area contributed by atoms with E-state index < -0.39 is 10.0 Å². The summed E-state index contributed by atoms with van der Waals surface area (Å²) in [7, 11) is -3.34. The van der Waals surface area contributed by atoms with E-state index in [4.69, 9.17) is 0 Å². The predicted octanol–water partition coefficient (Wildman–Crippen LogP) is 2.57. The average Bonchev–Trinajstić information content (AvgIpc) is 2.74. The molecular formula is C23H31N3O3S. The van der Waals surface area contributed by atoms with Crippen molar-refractivity contribution in [1.82, 2.24) is 14.5 Å². The Morgan fingerprint density at radius 2 is 1.60 bits per heavy atom. The monoisotopic (exact) mass is 429 g/mol. The molecule has 1 saturated heterocycles. The number of hydrogen-bond donors (Lipinski definition) is 1. The summed E-state index contributed by atoms with van der Waals surface area (Å²) in [6.45, 7) is 6.32. The van der Waals surface area contributed by atoms with Crippen molar-refractivity contribution >= 4 is 15.9 Å². The van der Waals surface area contributed by atoms with Gasteiger partial charge in [-0.1, -0.05) is 61.5 Å². The maximum absolute atomic E-state index is 12.7. The first-order valence-corrected chi connectivity index (χ1v) is 12.1. The molecule has 1 aliphatic heterocycles. The standard InChI is InChI=1S/C23H31N3O3S/c1-3-20-9-11-22(12-10-20)19(2)24-23(27)17-25-13-15-26(16-14-25)30(28,29)18-21-7-5-4-6-8-21/h4-12,19H,3,13-18H2,1-2H3,(H,24,27)/t19-/m0/s1. The normalized spacial score (nSPS) is 16.9. The van der Waals surface area contributed by atoms with Crippen molar-refractivity contribution in [1.29, 1.82) is 0 Å². The molecule has 0 aliphatic carbocycles. The molecule has 0 unspecified atom stereocenters. The van der Waals surface area contributed by atoms with Crippen molar-refractivity contribution in [3.05, 3.63) is 71.3 Å². The molecule has 2 aromatic rings. The third-order valence-electron chi connectivity index (χ3n) is 5.55. The van der Waals surface area contributed by atoms with Crippen molar-refractivity contribution < 1.29 is 13.2 Å². The van der Waals surface area contributed by atoms with Crippen molar-refractivity contribution in [2.75, 3.05) is 32.7 Å². The summed E-state index contributed by atoms with van der Waals surface area (Å²) in [5.41, 5.74) is 3.15. The number of carbonyl (C=O) groups is 1. The molecule has 1 aliphatic rings. The number of benzene rings is 2. The van der Waals surface area contributed by atoms with Crippen LogP contribution in [0.4, 0.5) is 0 Å². The molecule has 162 valence electrons. The lowest BCUT2D eigenvalue weighted by atomic mass is 10.1. The van der Waals surface area contributed by atoms with Crippen LogP contribution in [0.5, 0.6) is 0 Å². The second kappa shape index (κ2) is 10.2. The van der Waals surface area contributed by atoms with E-state index in [1.54, 1.807) is 0 Å². The molecule has 3 rings (SSSR count). The Balaban J connectivity index is 1.46. The molecule has 30 heavy (non-hydrogen) atoms. The number of piperazine rings is 1. The minimum absolute atomic E-state index is 0.0165. The van der Waals surface area contributed by atoms with Crippen LogP contribution in [-0.2, 0) is 27.0 Å². The second-order valence-electron chi connectivity index (χ2n) is 7.80. The van der Waals surface area contributed by atoms with Gasteiger partial charge in [-0.2, -0.15) is 4.31 Å². The van der Waals surface area contributed by atoms with Gasteiger partial charge in [-0.15, -0.1) is 0 Å². The van der Waals surface area contributed by atoms with Crippen LogP contribution in [0.1, 0.15) is 36.6 Å². The van der Waals surface area contributed by atoms with E-state index in [1.165, 1.54) is 9.87 Å². The highest BCUT2D eigenvalue weighted by atomic mass is 32.2. The van der Waals surface area contributed by atoms with Crippen molar-refractivity contribution in [2.24, 2.45) is 0 Å². The van der Waals surface area contributed by atoms with Crippen LogP contribution in [0.2, 0.25) is 0 Å². The number of nitrogens with zero attached hydrogens (tertiary/aromatic N) is 2. The molecular weight excluding hydrogens is 398 g/mol. The van der Waals surface area contributed by atoms with E-state index in [9.17, 15) is 13.2 Å². The summed E-state index contributed by atoms with van der Waals surface area (Å²) >= 11 is 0. The summed E-state index contributed by atoms with van der Waals surface area (Å²) in [6.07, 6.45) is 0.994. The Kier molecular flexibility index (Phi) is 7.64. The van der Waals surface area contributed by atoms with Gasteiger partial charge in [0.1, 0.15) is 0 Å². The predicted molar refractivity (Wildman–Crippen MR) is 119 cm³/mol. The first-order valence-electron chi connectivity index (χ1n) is 10.5. The Labute approximate surface area is 179 Å². The minimum atomic E-state index is -3.34. The average molecular weight is 430 g/mol. The maximum Gasteiger partial charge on any atom is 0.234 e. The fourth-order valence-electron chi connectivity index (χ4n) is 3.66. The summed E-state index contributed by atoms with van der Waals surface area (Å²) in [5, 5.41) is 3.04. The van der Waals surface area contributed by atoms with E-state index in [-0.39, 0.29) is 24.2 Å². The summed E-state index contributed by atoms with van der Waals surface area (Å²) in [5.74, 6) is -0.0227. The first-order chi connectivity index (χ1) is 14.4. The molecule has 0 radical (unpaired) electrons. The van der Waals surface area contributed by atoms with Crippen molar-refractivity contribution in [3.8, 4) is 0 Å². The smallest absolute Gasteiger partial charge is 0.234 e. The number of carbonyl (C=O) groups excluding carboxylic acids is 1. The van der Waals surface area contributed by atoms with Crippen LogP contribution in [0.3, 0.4) is 0 Å². The topological polar surface area (TPSA) is 69.7 Å². The highest BCUT2D eigenvalue weighted by Crippen LogP contribution is 2.15. The molecule has 0 aromatic heterocycles. The zero-order chi connectivity index (χ0) is 21.6. The highest BCUT2D eigenvalue weighted by molar-refractivity contribution is 7.88. The largest absolute Gasteiger partial charge is 0.348 e. The van der Waals surface area contributed by atoms with Crippen LogP contribution in [0, 0.1) is 0 Å². The molecule has 1 amide bonds. The molecule has 1 atom stereocenters. The zero-order valence-electron chi connectivity index (χ0n) is 17.8. The molecule has 0 bridgehead atoms. The summed E-state index contributed by atoms with van der Waals surface area (Å²) < 4.78 is 26.9. The number of aryl methyl sites for hydroxylation is 1. The van der Waals surface area contributed by atoms with Crippen molar-refractivity contribution in [2.45, 2.75) is 32.1 Å². The van der Waals surface area contributed by atoms with Gasteiger partial charge < -0.3 is 5.32 Å². The van der Waals surface area contributed by atoms with Gasteiger partial charge in [0.2, 0.25) is 15.9 Å². The van der Waals surface area contributed by atoms with Gasteiger partial charge in [-0.25, -0.2) is 8.42 Å². The lowest BCUT2D eigenvalue weighted by Gasteiger charge is -2.33. The van der Waals surface area contributed by atoms with Crippen LogP contribution in [0.15, 0.2) is 54.6 Å². The fourth-order valence-corrected chi connectivity index (χ4v) is 5.17. The Hall–Kier alpha value is -2.22. The van der Waals surface area contributed by atoms with Crippen LogP contribution in [0.25, 0.3) is 0 Å². The minimum Gasteiger partial charge on any atom is -0.348 e. The first kappa shape index (κ1) is 22.5. The van der Waals surface area contributed by atoms with E-state index in [0.29, 0.717) is 26.2 Å². The molecule has 1 fully saturated rings. The molecule has 0 saturated carbocycles. The summed E-state index contributed by atoms with van der Waals surface area (Å²) in [4.78, 5) is 14.5. The zero-order valence-corrected chi connectivity index (χ0v) is 18.6. The van der Waals surface area contributed by atoms with Gasteiger partial charge >= 0.3 is 0 Å². The van der Waals surface area contributed by atoms with Crippen LogP contribution in [-0.4, -0.2) is 56.3 Å². The number of rotatable bonds is 8. The lowest BCUT2D eigenvalue weighted by Crippen LogP contribution is -2.51. The van der Waals surface area contributed by atoms with Gasteiger partial charge in [0.15, 0.2) is 0 Å². The van der Waals surface area contributed by atoms with E-state index in [2.05, 4.69) is 36.5 Å². The molecule has 1 heterocycles. The second-order valence-corrected chi connectivity index (χ2v) is 9.77. The maximum atomic E-state index is 12.7. The molecule has 2 aromatic carbocycles. The quantitative estimate of drug-likeness (QED) is 0.700. The summed E-state index contributed by atoms with van der Waals surface area (Å²) in [6, 6.07) is 17.5. The number of nitrogens with one attached hydrogen (secondary N) is 1. The van der Waals surface area contributed by atoms with E-state index in [0.717, 1.165) is 17.5 Å². The highest BCUT2D eigenvalue weighted by Gasteiger charge is 2.28. The van der Waals surface area contributed by atoms with Gasteiger partial charge in [-0.3, -0.25) is 9.69 Å². The van der Waals surface area contributed by atoms with Crippen molar-refractivity contribution in [3.63, 3.8) is 0 Å². The van der Waals surface area contributed by atoms with Crippen LogP contribution < -0.4 is 5.32 Å². The Morgan fingerprint density at radius 1 is 0.967 bits per heavy atom. The molecule has 6 nitrogen and oxygen atoms in total. The van der Waals surface area contributed by atoms with Crippen LogP contribution >= 0.6 is 0 Å². The van der Waals surface area contributed by atoms with Gasteiger partial charge in [0.05, 0.1) is 18.3 Å². The fraction of sp³-hybridized carbons (Fsp3) is 0.435. The molecule has 1 N–H and O–H groups in total. The number of hydrogen-bond acceptors (Lipinski definition) is 4. The third-order valence-corrected chi connectivity index (χ3v) is 7.40.